The van der Waals surface area contributed by atoms with Crippen LogP contribution >= 0.6 is 0 Å². The fraction of sp³-hybridized carbons (Fsp3) is 0.217. The number of benzene rings is 2. The van der Waals surface area contributed by atoms with Crippen molar-refractivity contribution in [3.63, 3.8) is 0 Å². The molecule has 2 aromatic carbocycles. The van der Waals surface area contributed by atoms with Crippen LogP contribution in [0.25, 0.3) is 6.08 Å². The molecule has 0 saturated carbocycles. The summed E-state index contributed by atoms with van der Waals surface area (Å²) >= 11 is 0. The highest BCUT2D eigenvalue weighted by Gasteiger charge is 2.27. The molecule has 0 aliphatic rings. The molecule has 0 atom stereocenters. The molecule has 0 spiro atoms. The van der Waals surface area contributed by atoms with Gasteiger partial charge in [-0.2, -0.15) is 13.9 Å². The predicted octanol–water partition coefficient (Wildman–Crippen LogP) is 5.22. The molecule has 0 aliphatic carbocycles. The van der Waals surface area contributed by atoms with Gasteiger partial charge in [-0.3, -0.25) is 9.48 Å². The van der Waals surface area contributed by atoms with Crippen molar-refractivity contribution < 1.29 is 36.2 Å². The van der Waals surface area contributed by atoms with Gasteiger partial charge in [0.25, 0.3) is 0 Å². The Hall–Kier alpha value is -3.69. The van der Waals surface area contributed by atoms with Gasteiger partial charge in [-0.25, -0.2) is 13.2 Å². The lowest BCUT2D eigenvalue weighted by Gasteiger charge is -2.13. The number of nitrogens with zero attached hydrogens (tertiary/aromatic N) is 2. The Morgan fingerprint density at radius 2 is 1.64 bits per heavy atom. The zero-order valence-electron chi connectivity index (χ0n) is 18.1. The van der Waals surface area contributed by atoms with Crippen LogP contribution in [-0.2, 0) is 13.7 Å². The second-order valence-electron chi connectivity index (χ2n) is 7.13. The first-order chi connectivity index (χ1) is 15.6. The van der Waals surface area contributed by atoms with Crippen LogP contribution in [0.4, 0.5) is 22.0 Å². The van der Waals surface area contributed by atoms with E-state index < -0.39 is 41.4 Å². The first kappa shape index (κ1) is 24.0. The van der Waals surface area contributed by atoms with Gasteiger partial charge < -0.3 is 9.47 Å². The largest absolute Gasteiger partial charge is 0.496 e. The standard InChI is InChI=1S/C23H19F5N2O3/c1-11-17(12(2)30(3)29-11)15(31)7-5-13-6-8-16(32-4)14(9-13)10-33-23-21(27)19(25)18(24)20(26)22(23)28/h5-9H,10H2,1-4H3/b7-5+. The Balaban J connectivity index is 1.87. The molecule has 3 rings (SSSR count). The van der Waals surface area contributed by atoms with Crippen LogP contribution in [0.1, 0.15) is 32.9 Å². The fourth-order valence-electron chi connectivity index (χ4n) is 3.26. The normalized spacial score (nSPS) is 11.3. The van der Waals surface area contributed by atoms with Gasteiger partial charge in [0, 0.05) is 18.3 Å². The monoisotopic (exact) mass is 466 g/mol. The van der Waals surface area contributed by atoms with Crippen LogP contribution in [0.15, 0.2) is 24.3 Å². The molecule has 0 unspecified atom stereocenters. The molecule has 174 valence electrons. The van der Waals surface area contributed by atoms with Crippen molar-refractivity contribution in [2.45, 2.75) is 20.5 Å². The van der Waals surface area contributed by atoms with Crippen LogP contribution in [0.5, 0.6) is 11.5 Å². The number of carbonyl (C=O) groups is 1. The molecule has 5 nitrogen and oxygen atoms in total. The van der Waals surface area contributed by atoms with E-state index in [4.69, 9.17) is 9.47 Å². The summed E-state index contributed by atoms with van der Waals surface area (Å²) in [6.45, 7) is 2.93. The smallest absolute Gasteiger partial charge is 0.207 e. The number of hydrogen-bond donors (Lipinski definition) is 0. The molecule has 10 heteroatoms. The number of ether oxygens (including phenoxy) is 2. The molecule has 1 heterocycles. The van der Waals surface area contributed by atoms with E-state index >= 15 is 0 Å². The van der Waals surface area contributed by atoms with E-state index in [1.54, 1.807) is 31.6 Å². The molecule has 33 heavy (non-hydrogen) atoms. The Labute approximate surface area is 186 Å². The molecule has 0 saturated heterocycles. The van der Waals surface area contributed by atoms with E-state index in [0.717, 1.165) is 0 Å². The number of rotatable bonds is 7. The Kier molecular flexibility index (Phi) is 6.85. The van der Waals surface area contributed by atoms with Crippen molar-refractivity contribution in [2.24, 2.45) is 7.05 Å². The third-order valence-corrected chi connectivity index (χ3v) is 5.03. The number of carbonyl (C=O) groups excluding carboxylic acids is 1. The first-order valence-corrected chi connectivity index (χ1v) is 9.60. The van der Waals surface area contributed by atoms with Gasteiger partial charge in [-0.15, -0.1) is 0 Å². The predicted molar refractivity (Wildman–Crippen MR) is 110 cm³/mol. The van der Waals surface area contributed by atoms with Crippen molar-refractivity contribution >= 4 is 11.9 Å². The summed E-state index contributed by atoms with van der Waals surface area (Å²) in [6, 6.07) is 4.63. The van der Waals surface area contributed by atoms with Crippen LogP contribution in [0, 0.1) is 42.9 Å². The summed E-state index contributed by atoms with van der Waals surface area (Å²) in [4.78, 5) is 12.6. The molecular weight excluding hydrogens is 447 g/mol. The molecule has 0 fully saturated rings. The maximum atomic E-state index is 13.9. The van der Waals surface area contributed by atoms with Gasteiger partial charge >= 0.3 is 0 Å². The average molecular weight is 466 g/mol. The molecule has 3 aromatic rings. The molecule has 0 bridgehead atoms. The summed E-state index contributed by atoms with van der Waals surface area (Å²) in [7, 11) is 3.06. The fourth-order valence-corrected chi connectivity index (χ4v) is 3.26. The Morgan fingerprint density at radius 1 is 1.03 bits per heavy atom. The summed E-state index contributed by atoms with van der Waals surface area (Å²) in [5.74, 6) is -12.0. The van der Waals surface area contributed by atoms with E-state index in [1.807, 2.05) is 0 Å². The van der Waals surface area contributed by atoms with E-state index in [2.05, 4.69) is 5.10 Å². The number of halogens is 5. The number of aryl methyl sites for hydroxylation is 2. The zero-order valence-corrected chi connectivity index (χ0v) is 18.1. The summed E-state index contributed by atoms with van der Waals surface area (Å²) in [6.07, 6.45) is 2.85. The second-order valence-corrected chi connectivity index (χ2v) is 7.13. The van der Waals surface area contributed by atoms with E-state index in [-0.39, 0.29) is 17.1 Å². The lowest BCUT2D eigenvalue weighted by Crippen LogP contribution is -2.07. The number of aromatic nitrogens is 2. The SMILES string of the molecule is COc1ccc(/C=C/C(=O)c2c(C)nn(C)c2C)cc1COc1c(F)c(F)c(F)c(F)c1F. The van der Waals surface area contributed by atoms with Gasteiger partial charge in [-0.05, 0) is 37.6 Å². The van der Waals surface area contributed by atoms with E-state index in [1.165, 1.54) is 31.4 Å². The number of methoxy groups -OCH3 is 1. The molecule has 0 radical (unpaired) electrons. The van der Waals surface area contributed by atoms with Crippen LogP contribution in [0.2, 0.25) is 0 Å². The quantitative estimate of drug-likeness (QED) is 0.158. The highest BCUT2D eigenvalue weighted by molar-refractivity contribution is 6.08. The van der Waals surface area contributed by atoms with Crippen molar-refractivity contribution in [1.29, 1.82) is 0 Å². The summed E-state index contributed by atoms with van der Waals surface area (Å²) < 4.78 is 79.4. The maximum Gasteiger partial charge on any atom is 0.207 e. The molecule has 0 amide bonds. The lowest BCUT2D eigenvalue weighted by molar-refractivity contribution is 0.104. The van der Waals surface area contributed by atoms with Crippen LogP contribution < -0.4 is 9.47 Å². The summed E-state index contributed by atoms with van der Waals surface area (Å²) in [5.41, 5.74) is 2.52. The van der Waals surface area contributed by atoms with E-state index in [9.17, 15) is 26.7 Å². The first-order valence-electron chi connectivity index (χ1n) is 9.60. The Bertz CT molecular complexity index is 1240. The van der Waals surface area contributed by atoms with Gasteiger partial charge in [0.05, 0.1) is 18.4 Å². The maximum absolute atomic E-state index is 13.9. The summed E-state index contributed by atoms with van der Waals surface area (Å²) in [5, 5.41) is 4.20. The Morgan fingerprint density at radius 3 is 2.18 bits per heavy atom. The molecule has 0 aliphatic heterocycles. The minimum atomic E-state index is -2.27. The van der Waals surface area contributed by atoms with Crippen molar-refractivity contribution in [3.8, 4) is 11.5 Å². The minimum absolute atomic E-state index is 0.251. The number of hydrogen-bond acceptors (Lipinski definition) is 4. The van der Waals surface area contributed by atoms with Gasteiger partial charge in [0.15, 0.2) is 11.5 Å². The van der Waals surface area contributed by atoms with Gasteiger partial charge in [0.2, 0.25) is 29.1 Å². The average Bonchev–Trinajstić information content (AvgIpc) is 3.05. The van der Waals surface area contributed by atoms with Crippen LogP contribution in [0.3, 0.4) is 0 Å². The number of ketones is 1. The minimum Gasteiger partial charge on any atom is -0.496 e. The van der Waals surface area contributed by atoms with Crippen molar-refractivity contribution in [3.05, 3.63) is 81.4 Å². The molecule has 0 N–H and O–H groups in total. The third kappa shape index (κ3) is 4.59. The highest BCUT2D eigenvalue weighted by atomic mass is 19.2. The van der Waals surface area contributed by atoms with Gasteiger partial charge in [0.1, 0.15) is 12.4 Å². The van der Waals surface area contributed by atoms with Crippen molar-refractivity contribution in [2.75, 3.05) is 7.11 Å². The molecular formula is C23H19F5N2O3. The van der Waals surface area contributed by atoms with Crippen molar-refractivity contribution in [1.82, 2.24) is 9.78 Å². The zero-order chi connectivity index (χ0) is 24.4. The number of allylic oxidation sites excluding steroid dienone is 1. The van der Waals surface area contributed by atoms with Crippen LogP contribution in [-0.4, -0.2) is 22.7 Å². The third-order valence-electron chi connectivity index (χ3n) is 5.03. The van der Waals surface area contributed by atoms with E-state index in [0.29, 0.717) is 22.5 Å². The highest BCUT2D eigenvalue weighted by Crippen LogP contribution is 2.31. The van der Waals surface area contributed by atoms with Gasteiger partial charge in [-0.1, -0.05) is 12.1 Å². The topological polar surface area (TPSA) is 53.3 Å². The molecule has 1 aromatic heterocycles. The second kappa shape index (κ2) is 9.43. The lowest BCUT2D eigenvalue weighted by atomic mass is 10.1.